The molecule has 0 spiro atoms. The van der Waals surface area contributed by atoms with Crippen LogP contribution in [0.5, 0.6) is 0 Å². The van der Waals surface area contributed by atoms with E-state index in [0.29, 0.717) is 17.4 Å². The summed E-state index contributed by atoms with van der Waals surface area (Å²) < 4.78 is 0. The van der Waals surface area contributed by atoms with Crippen molar-refractivity contribution in [1.82, 2.24) is 10.3 Å². The Morgan fingerprint density at radius 3 is 2.67 bits per heavy atom. The third kappa shape index (κ3) is 3.34. The molecule has 3 aromatic carbocycles. The highest BCUT2D eigenvalue weighted by atomic mass is 16.1. The van der Waals surface area contributed by atoms with Gasteiger partial charge in [-0.2, -0.15) is 0 Å². The first-order valence-electron chi connectivity index (χ1n) is 11.7. The van der Waals surface area contributed by atoms with Gasteiger partial charge in [0, 0.05) is 23.0 Å². The summed E-state index contributed by atoms with van der Waals surface area (Å²) in [5.41, 5.74) is 6.38. The first-order chi connectivity index (χ1) is 16.2. The summed E-state index contributed by atoms with van der Waals surface area (Å²) in [4.78, 5) is 16.9. The molecule has 2 aliphatic rings. The fourth-order valence-electron chi connectivity index (χ4n) is 5.57. The Morgan fingerprint density at radius 1 is 0.970 bits per heavy atom. The summed E-state index contributed by atoms with van der Waals surface area (Å²) in [7, 11) is 0. The lowest BCUT2D eigenvalue weighted by atomic mass is 9.76. The number of para-hydroxylation sites is 2. The fourth-order valence-corrected chi connectivity index (χ4v) is 5.57. The van der Waals surface area contributed by atoms with Crippen molar-refractivity contribution in [2.45, 2.75) is 31.3 Å². The molecule has 1 aliphatic carbocycles. The van der Waals surface area contributed by atoms with Crippen molar-refractivity contribution in [3.63, 3.8) is 0 Å². The third-order valence-corrected chi connectivity index (χ3v) is 7.24. The smallest absolute Gasteiger partial charge is 0.253 e. The van der Waals surface area contributed by atoms with Crippen LogP contribution >= 0.6 is 0 Å². The van der Waals surface area contributed by atoms with Crippen LogP contribution in [0.25, 0.3) is 10.9 Å². The van der Waals surface area contributed by atoms with Crippen LogP contribution in [0.1, 0.15) is 58.4 Å². The second kappa shape index (κ2) is 7.96. The lowest BCUT2D eigenvalue weighted by molar-refractivity contribution is 0.0940. The zero-order chi connectivity index (χ0) is 22.4. The van der Waals surface area contributed by atoms with E-state index in [1.165, 1.54) is 16.5 Å². The van der Waals surface area contributed by atoms with Gasteiger partial charge in [0.1, 0.15) is 0 Å². The predicted octanol–water partition coefficient (Wildman–Crippen LogP) is 6.49. The molecule has 4 aromatic rings. The van der Waals surface area contributed by atoms with Crippen molar-refractivity contribution in [3.05, 3.63) is 113 Å². The van der Waals surface area contributed by atoms with E-state index in [9.17, 15) is 4.79 Å². The Hall–Kier alpha value is -3.79. The minimum absolute atomic E-state index is 0.0474. The Bertz CT molecular complexity index is 1350. The Balaban J connectivity index is 1.38. The Morgan fingerprint density at radius 2 is 1.79 bits per heavy atom. The molecule has 1 aromatic heterocycles. The van der Waals surface area contributed by atoms with Crippen molar-refractivity contribution in [1.29, 1.82) is 0 Å². The van der Waals surface area contributed by atoms with Crippen LogP contribution < -0.4 is 10.6 Å². The number of carbonyl (C=O) groups excluding carboxylic acids is 1. The van der Waals surface area contributed by atoms with Crippen LogP contribution in [0.15, 0.2) is 91.1 Å². The van der Waals surface area contributed by atoms with Crippen LogP contribution in [0, 0.1) is 5.92 Å². The van der Waals surface area contributed by atoms with Gasteiger partial charge in [-0.3, -0.25) is 4.79 Å². The second-order valence-corrected chi connectivity index (χ2v) is 9.14. The van der Waals surface area contributed by atoms with Gasteiger partial charge >= 0.3 is 0 Å². The number of aromatic nitrogens is 1. The molecule has 6 rings (SSSR count). The normalized spacial score (nSPS) is 21.8. The summed E-state index contributed by atoms with van der Waals surface area (Å²) in [5.74, 6) is 0.686. The summed E-state index contributed by atoms with van der Waals surface area (Å²) in [6, 6.07) is 24.7. The summed E-state index contributed by atoms with van der Waals surface area (Å²) in [6.45, 7) is 2.03. The number of allylic oxidation sites excluding steroid dienone is 2. The van der Waals surface area contributed by atoms with Gasteiger partial charge in [-0.05, 0) is 48.1 Å². The van der Waals surface area contributed by atoms with E-state index in [1.54, 1.807) is 0 Å². The zero-order valence-corrected chi connectivity index (χ0v) is 18.6. The average Bonchev–Trinajstić information content (AvgIpc) is 3.51. The Labute approximate surface area is 193 Å². The average molecular weight is 434 g/mol. The fraction of sp³-hybridized carbons (Fsp3) is 0.207. The molecule has 4 nitrogen and oxygen atoms in total. The molecule has 4 atom stereocenters. The second-order valence-electron chi connectivity index (χ2n) is 9.14. The van der Waals surface area contributed by atoms with Gasteiger partial charge in [0.05, 0.1) is 23.3 Å². The molecule has 1 amide bonds. The number of benzene rings is 3. The van der Waals surface area contributed by atoms with Crippen molar-refractivity contribution < 1.29 is 4.79 Å². The van der Waals surface area contributed by atoms with Gasteiger partial charge < -0.3 is 15.6 Å². The lowest BCUT2D eigenvalue weighted by Crippen LogP contribution is -2.32. The molecule has 0 saturated carbocycles. The molecule has 4 unspecified atom stereocenters. The number of aromatic amines is 1. The van der Waals surface area contributed by atoms with E-state index < -0.39 is 0 Å². The largest absolute Gasteiger partial charge is 0.377 e. The molecule has 0 bridgehead atoms. The number of hydrogen-bond donors (Lipinski definition) is 3. The molecular formula is C29H27N3O. The molecule has 2 heterocycles. The zero-order valence-electron chi connectivity index (χ0n) is 18.6. The highest BCUT2D eigenvalue weighted by Crippen LogP contribution is 2.51. The van der Waals surface area contributed by atoms with Crippen LogP contribution in [0.2, 0.25) is 0 Å². The summed E-state index contributed by atoms with van der Waals surface area (Å²) >= 11 is 0. The molecule has 0 fully saturated rings. The quantitative estimate of drug-likeness (QED) is 0.322. The van der Waals surface area contributed by atoms with Crippen molar-refractivity contribution in [3.8, 4) is 0 Å². The van der Waals surface area contributed by atoms with Crippen LogP contribution in [0.3, 0.4) is 0 Å². The standard InChI is InChI=1S/C29H27N3O/c1-18(19-9-3-2-4-10-19)31-29(33)24-15-8-14-22-20-12-7-13-23(20)28(32-27(22)24)25-17-30-26-16-6-5-11-21(25)26/h2-12,14-18,20,23,28,30,32H,13H2,1H3,(H,31,33). The third-order valence-electron chi connectivity index (χ3n) is 7.24. The van der Waals surface area contributed by atoms with Gasteiger partial charge in [-0.25, -0.2) is 0 Å². The lowest BCUT2D eigenvalue weighted by Gasteiger charge is -2.38. The topological polar surface area (TPSA) is 56.9 Å². The number of nitrogens with one attached hydrogen (secondary N) is 3. The van der Waals surface area contributed by atoms with E-state index in [1.807, 2.05) is 49.4 Å². The summed E-state index contributed by atoms with van der Waals surface area (Å²) in [5, 5.41) is 8.24. The minimum Gasteiger partial charge on any atom is -0.377 e. The molecule has 164 valence electrons. The predicted molar refractivity (Wildman–Crippen MR) is 133 cm³/mol. The first kappa shape index (κ1) is 19.9. The number of anilines is 1. The highest BCUT2D eigenvalue weighted by Gasteiger charge is 2.40. The number of fused-ring (bicyclic) bond motifs is 4. The first-order valence-corrected chi connectivity index (χ1v) is 11.7. The number of H-pyrrole nitrogens is 1. The van der Waals surface area contributed by atoms with Crippen molar-refractivity contribution in [2.75, 3.05) is 5.32 Å². The van der Waals surface area contributed by atoms with E-state index in [2.05, 4.69) is 64.3 Å². The number of carbonyl (C=O) groups is 1. The molecule has 33 heavy (non-hydrogen) atoms. The molecular weight excluding hydrogens is 406 g/mol. The maximum Gasteiger partial charge on any atom is 0.253 e. The molecule has 0 saturated heterocycles. The number of hydrogen-bond acceptors (Lipinski definition) is 2. The van der Waals surface area contributed by atoms with Gasteiger partial charge in [-0.1, -0.05) is 72.8 Å². The minimum atomic E-state index is -0.0679. The van der Waals surface area contributed by atoms with Gasteiger partial charge in [0.25, 0.3) is 5.91 Å². The van der Waals surface area contributed by atoms with Gasteiger partial charge in [0.2, 0.25) is 0 Å². The molecule has 4 heteroatoms. The van der Waals surface area contributed by atoms with E-state index in [0.717, 1.165) is 23.2 Å². The number of rotatable bonds is 4. The van der Waals surface area contributed by atoms with Gasteiger partial charge in [-0.15, -0.1) is 0 Å². The van der Waals surface area contributed by atoms with Crippen molar-refractivity contribution in [2.24, 2.45) is 5.92 Å². The maximum absolute atomic E-state index is 13.4. The van der Waals surface area contributed by atoms with Crippen molar-refractivity contribution >= 4 is 22.5 Å². The van der Waals surface area contributed by atoms with Crippen LogP contribution in [-0.2, 0) is 0 Å². The van der Waals surface area contributed by atoms with E-state index >= 15 is 0 Å². The van der Waals surface area contributed by atoms with Crippen LogP contribution in [0.4, 0.5) is 5.69 Å². The SMILES string of the molecule is CC(NC(=O)c1cccc2c1NC(c1c[nH]c3ccccc13)C1CC=CC21)c1ccccc1. The van der Waals surface area contributed by atoms with Gasteiger partial charge in [0.15, 0.2) is 0 Å². The highest BCUT2D eigenvalue weighted by molar-refractivity contribution is 6.01. The Kier molecular flexibility index (Phi) is 4.79. The molecule has 1 aliphatic heterocycles. The number of amides is 1. The van der Waals surface area contributed by atoms with E-state index in [4.69, 9.17) is 0 Å². The maximum atomic E-state index is 13.4. The monoisotopic (exact) mass is 433 g/mol. The van der Waals surface area contributed by atoms with Crippen LogP contribution in [-0.4, -0.2) is 10.9 Å². The molecule has 0 radical (unpaired) electrons. The molecule has 3 N–H and O–H groups in total. The van der Waals surface area contributed by atoms with E-state index in [-0.39, 0.29) is 18.0 Å². The summed E-state index contributed by atoms with van der Waals surface area (Å²) in [6.07, 6.45) is 7.77.